The van der Waals surface area contributed by atoms with Crippen LogP contribution in [-0.4, -0.2) is 28.8 Å². The Bertz CT molecular complexity index is 324. The second kappa shape index (κ2) is 3.63. The first-order chi connectivity index (χ1) is 6.68. The van der Waals surface area contributed by atoms with Gasteiger partial charge < -0.3 is 10.4 Å². The Morgan fingerprint density at radius 1 is 1.64 bits per heavy atom. The number of β-amino-alcohol motifs (C(OH)–C–C–N with tert-alkyl or cyclic N) is 1. The number of nitrogens with one attached hydrogen (secondary N) is 1. The minimum atomic E-state index is -0.749. The predicted octanol–water partition coefficient (Wildman–Crippen LogP) is 0.488. The van der Waals surface area contributed by atoms with Crippen LogP contribution in [0.4, 0.5) is 4.39 Å². The van der Waals surface area contributed by atoms with E-state index >= 15 is 0 Å². The molecule has 1 atom stereocenters. The molecule has 0 amide bonds. The Labute approximate surface area is 82.0 Å². The highest BCUT2D eigenvalue weighted by molar-refractivity contribution is 5.10. The highest BCUT2D eigenvalue weighted by Gasteiger charge is 2.31. The van der Waals surface area contributed by atoms with Crippen LogP contribution in [0.2, 0.25) is 0 Å². The van der Waals surface area contributed by atoms with E-state index in [-0.39, 0.29) is 5.82 Å². The van der Waals surface area contributed by atoms with Crippen molar-refractivity contribution in [1.29, 1.82) is 0 Å². The van der Waals surface area contributed by atoms with Crippen molar-refractivity contribution in [3.63, 3.8) is 0 Å². The van der Waals surface area contributed by atoms with Crippen molar-refractivity contribution < 1.29 is 9.50 Å². The van der Waals surface area contributed by atoms with E-state index in [1.54, 1.807) is 0 Å². The van der Waals surface area contributed by atoms with Crippen LogP contribution in [0.25, 0.3) is 0 Å². The van der Waals surface area contributed by atoms with Crippen molar-refractivity contribution in [2.24, 2.45) is 0 Å². The molecule has 14 heavy (non-hydrogen) atoms. The summed E-state index contributed by atoms with van der Waals surface area (Å²) in [6.07, 6.45) is 2.54. The minimum Gasteiger partial charge on any atom is -0.388 e. The number of pyridine rings is 1. The fraction of sp³-hybridized carbons (Fsp3) is 0.500. The lowest BCUT2D eigenvalue weighted by molar-refractivity contribution is 0.0608. The molecule has 0 aromatic carbocycles. The molecule has 1 unspecified atom stereocenters. The van der Waals surface area contributed by atoms with Gasteiger partial charge in [0.25, 0.3) is 0 Å². The zero-order valence-corrected chi connectivity index (χ0v) is 7.83. The molecule has 0 saturated carbocycles. The van der Waals surface area contributed by atoms with Gasteiger partial charge in [0.05, 0.1) is 5.60 Å². The van der Waals surface area contributed by atoms with Crippen molar-refractivity contribution in [2.45, 2.75) is 18.4 Å². The molecule has 1 aliphatic rings. The summed E-state index contributed by atoms with van der Waals surface area (Å²) in [4.78, 5) is 4.02. The Morgan fingerprint density at radius 2 is 2.50 bits per heavy atom. The SMILES string of the molecule is OC1(Cc2cc(F)ccn2)CCNC1. The Morgan fingerprint density at radius 3 is 3.14 bits per heavy atom. The van der Waals surface area contributed by atoms with Crippen LogP contribution in [0.5, 0.6) is 0 Å². The standard InChI is InChI=1S/C10H13FN2O/c11-8-1-3-13-9(5-8)6-10(14)2-4-12-7-10/h1,3,5,12,14H,2,4,6-7H2. The normalized spacial score (nSPS) is 26.7. The Hall–Kier alpha value is -1.00. The molecule has 0 radical (unpaired) electrons. The fourth-order valence-electron chi connectivity index (χ4n) is 1.76. The van der Waals surface area contributed by atoms with Gasteiger partial charge >= 0.3 is 0 Å². The topological polar surface area (TPSA) is 45.2 Å². The van der Waals surface area contributed by atoms with E-state index < -0.39 is 5.60 Å². The number of nitrogens with zero attached hydrogens (tertiary/aromatic N) is 1. The van der Waals surface area contributed by atoms with E-state index in [9.17, 15) is 9.50 Å². The summed E-state index contributed by atoms with van der Waals surface area (Å²) in [6.45, 7) is 1.37. The van der Waals surface area contributed by atoms with Gasteiger partial charge in [-0.25, -0.2) is 4.39 Å². The van der Waals surface area contributed by atoms with E-state index in [2.05, 4.69) is 10.3 Å². The number of aliphatic hydroxyl groups is 1. The molecule has 1 aromatic heterocycles. The molecule has 0 spiro atoms. The third kappa shape index (κ3) is 2.08. The minimum absolute atomic E-state index is 0.301. The molecule has 0 aliphatic carbocycles. The van der Waals surface area contributed by atoms with Gasteiger partial charge in [-0.05, 0) is 25.1 Å². The lowest BCUT2D eigenvalue weighted by atomic mass is 9.96. The quantitative estimate of drug-likeness (QED) is 0.723. The summed E-state index contributed by atoms with van der Waals surface area (Å²) < 4.78 is 12.8. The average Bonchev–Trinajstić information content (AvgIpc) is 2.51. The van der Waals surface area contributed by atoms with E-state index in [0.29, 0.717) is 25.1 Å². The second-order valence-electron chi connectivity index (χ2n) is 3.79. The van der Waals surface area contributed by atoms with Crippen LogP contribution in [0.15, 0.2) is 18.3 Å². The number of rotatable bonds is 2. The lowest BCUT2D eigenvalue weighted by Crippen LogP contribution is -2.34. The van der Waals surface area contributed by atoms with Crippen LogP contribution in [-0.2, 0) is 6.42 Å². The first kappa shape index (κ1) is 9.55. The molecule has 0 bridgehead atoms. The van der Waals surface area contributed by atoms with Gasteiger partial charge in [0, 0.05) is 24.9 Å². The van der Waals surface area contributed by atoms with E-state index in [1.165, 1.54) is 18.3 Å². The summed E-state index contributed by atoms with van der Waals surface area (Å²) in [5, 5.41) is 13.1. The van der Waals surface area contributed by atoms with Crippen LogP contribution < -0.4 is 5.32 Å². The molecule has 76 valence electrons. The van der Waals surface area contributed by atoms with Crippen molar-refractivity contribution >= 4 is 0 Å². The van der Waals surface area contributed by atoms with Gasteiger partial charge in [0.1, 0.15) is 5.82 Å². The highest BCUT2D eigenvalue weighted by Crippen LogP contribution is 2.19. The van der Waals surface area contributed by atoms with E-state index in [1.807, 2.05) is 0 Å². The molecule has 2 heterocycles. The largest absolute Gasteiger partial charge is 0.388 e. The smallest absolute Gasteiger partial charge is 0.126 e. The first-order valence-corrected chi connectivity index (χ1v) is 4.72. The molecular formula is C10H13FN2O. The third-order valence-electron chi connectivity index (χ3n) is 2.51. The number of hydrogen-bond donors (Lipinski definition) is 2. The first-order valence-electron chi connectivity index (χ1n) is 4.72. The molecule has 1 fully saturated rings. The molecule has 2 N–H and O–H groups in total. The van der Waals surface area contributed by atoms with Crippen LogP contribution in [0, 0.1) is 5.82 Å². The van der Waals surface area contributed by atoms with Gasteiger partial charge in [-0.15, -0.1) is 0 Å². The maximum Gasteiger partial charge on any atom is 0.126 e. The van der Waals surface area contributed by atoms with Gasteiger partial charge in [-0.1, -0.05) is 0 Å². The van der Waals surface area contributed by atoms with Crippen molar-refractivity contribution in [3.8, 4) is 0 Å². The van der Waals surface area contributed by atoms with E-state index in [4.69, 9.17) is 0 Å². The summed E-state index contributed by atoms with van der Waals surface area (Å²) in [6, 6.07) is 2.68. The van der Waals surface area contributed by atoms with Crippen molar-refractivity contribution in [2.75, 3.05) is 13.1 Å². The number of halogens is 1. The monoisotopic (exact) mass is 196 g/mol. The van der Waals surface area contributed by atoms with Crippen LogP contribution >= 0.6 is 0 Å². The molecule has 1 saturated heterocycles. The maximum atomic E-state index is 12.8. The number of hydrogen-bond acceptors (Lipinski definition) is 3. The highest BCUT2D eigenvalue weighted by atomic mass is 19.1. The summed E-state index contributed by atoms with van der Waals surface area (Å²) >= 11 is 0. The van der Waals surface area contributed by atoms with Crippen LogP contribution in [0.1, 0.15) is 12.1 Å². The van der Waals surface area contributed by atoms with Crippen molar-refractivity contribution in [1.82, 2.24) is 10.3 Å². The summed E-state index contributed by atoms with van der Waals surface area (Å²) in [5.41, 5.74) is -0.142. The molecule has 4 heteroatoms. The lowest BCUT2D eigenvalue weighted by Gasteiger charge is -2.20. The van der Waals surface area contributed by atoms with E-state index in [0.717, 1.165) is 6.54 Å². The summed E-state index contributed by atoms with van der Waals surface area (Å²) in [5.74, 6) is -0.301. The van der Waals surface area contributed by atoms with Gasteiger partial charge in [0.2, 0.25) is 0 Å². The van der Waals surface area contributed by atoms with Crippen molar-refractivity contribution in [3.05, 3.63) is 29.8 Å². The second-order valence-corrected chi connectivity index (χ2v) is 3.79. The molecule has 1 aliphatic heterocycles. The van der Waals surface area contributed by atoms with Gasteiger partial charge in [0.15, 0.2) is 0 Å². The Kier molecular flexibility index (Phi) is 2.48. The molecule has 1 aromatic rings. The maximum absolute atomic E-state index is 12.8. The van der Waals surface area contributed by atoms with Gasteiger partial charge in [-0.2, -0.15) is 0 Å². The molecular weight excluding hydrogens is 183 g/mol. The molecule has 2 rings (SSSR count). The third-order valence-corrected chi connectivity index (χ3v) is 2.51. The average molecular weight is 196 g/mol. The predicted molar refractivity (Wildman–Crippen MR) is 50.3 cm³/mol. The Balaban J connectivity index is 2.10. The number of aromatic nitrogens is 1. The zero-order chi connectivity index (χ0) is 10.0. The summed E-state index contributed by atoms with van der Waals surface area (Å²) in [7, 11) is 0. The fourth-order valence-corrected chi connectivity index (χ4v) is 1.76. The zero-order valence-electron chi connectivity index (χ0n) is 7.83. The molecule has 3 nitrogen and oxygen atoms in total. The van der Waals surface area contributed by atoms with Gasteiger partial charge in [-0.3, -0.25) is 4.98 Å². The van der Waals surface area contributed by atoms with Crippen LogP contribution in [0.3, 0.4) is 0 Å².